The monoisotopic (exact) mass is 249 g/mol. The van der Waals surface area contributed by atoms with Crippen molar-refractivity contribution in [1.29, 1.82) is 0 Å². The van der Waals surface area contributed by atoms with Crippen molar-refractivity contribution in [3.63, 3.8) is 0 Å². The van der Waals surface area contributed by atoms with E-state index in [1.807, 2.05) is 24.3 Å². The Bertz CT molecular complexity index is 437. The Hall–Kier alpha value is -1.55. The fourth-order valence-electron chi connectivity index (χ4n) is 1.92. The maximum atomic E-state index is 11.6. The van der Waals surface area contributed by atoms with Gasteiger partial charge in [-0.05, 0) is 32.4 Å². The third-order valence-corrected chi connectivity index (χ3v) is 2.79. The summed E-state index contributed by atoms with van der Waals surface area (Å²) in [6.45, 7) is 4.39. The standard InChI is InChI=1S/C14H19NO3/c1-14(2,17)10-18-12-6-3-5-11(9-12)15-8-4-7-13(15)16/h3,5-6,9,17H,4,7-8,10H2,1-2H3. The average Bonchev–Trinajstić information content (AvgIpc) is 2.72. The van der Waals surface area contributed by atoms with Gasteiger partial charge in [-0.1, -0.05) is 6.07 Å². The molecule has 0 radical (unpaired) electrons. The number of nitrogens with zero attached hydrogens (tertiary/aromatic N) is 1. The number of aliphatic hydroxyl groups is 1. The molecule has 98 valence electrons. The Labute approximate surface area is 107 Å². The van der Waals surface area contributed by atoms with Crippen molar-refractivity contribution < 1.29 is 14.6 Å². The molecule has 2 rings (SSSR count). The van der Waals surface area contributed by atoms with Gasteiger partial charge >= 0.3 is 0 Å². The molecule has 4 heteroatoms. The zero-order chi connectivity index (χ0) is 13.2. The highest BCUT2D eigenvalue weighted by Gasteiger charge is 2.22. The molecule has 1 aromatic carbocycles. The zero-order valence-electron chi connectivity index (χ0n) is 10.8. The van der Waals surface area contributed by atoms with E-state index >= 15 is 0 Å². The van der Waals surface area contributed by atoms with E-state index in [1.54, 1.807) is 18.7 Å². The highest BCUT2D eigenvalue weighted by molar-refractivity contribution is 5.95. The van der Waals surface area contributed by atoms with Crippen LogP contribution in [0.3, 0.4) is 0 Å². The van der Waals surface area contributed by atoms with Gasteiger partial charge in [-0.2, -0.15) is 0 Å². The van der Waals surface area contributed by atoms with Gasteiger partial charge < -0.3 is 14.7 Å². The van der Waals surface area contributed by atoms with Crippen molar-refractivity contribution in [1.82, 2.24) is 0 Å². The van der Waals surface area contributed by atoms with Gasteiger partial charge in [0.25, 0.3) is 0 Å². The van der Waals surface area contributed by atoms with Crippen molar-refractivity contribution in [3.05, 3.63) is 24.3 Å². The molecule has 1 aliphatic heterocycles. The van der Waals surface area contributed by atoms with Crippen LogP contribution in [0.1, 0.15) is 26.7 Å². The number of carbonyl (C=O) groups excluding carboxylic acids is 1. The van der Waals surface area contributed by atoms with Crippen LogP contribution in [0.15, 0.2) is 24.3 Å². The van der Waals surface area contributed by atoms with Crippen LogP contribution < -0.4 is 9.64 Å². The first-order valence-corrected chi connectivity index (χ1v) is 6.21. The third-order valence-electron chi connectivity index (χ3n) is 2.79. The van der Waals surface area contributed by atoms with Crippen molar-refractivity contribution in [3.8, 4) is 5.75 Å². The Morgan fingerprint density at radius 1 is 1.44 bits per heavy atom. The van der Waals surface area contributed by atoms with E-state index in [1.165, 1.54) is 0 Å². The van der Waals surface area contributed by atoms with E-state index in [2.05, 4.69) is 0 Å². The van der Waals surface area contributed by atoms with E-state index in [0.29, 0.717) is 12.2 Å². The molecule has 0 atom stereocenters. The molecule has 1 fully saturated rings. The first-order chi connectivity index (χ1) is 8.46. The van der Waals surface area contributed by atoms with E-state index in [4.69, 9.17) is 4.74 Å². The number of hydrogen-bond acceptors (Lipinski definition) is 3. The summed E-state index contributed by atoms with van der Waals surface area (Å²) in [6, 6.07) is 7.44. The second kappa shape index (κ2) is 4.98. The normalized spacial score (nSPS) is 16.2. The molecule has 0 saturated carbocycles. The van der Waals surface area contributed by atoms with E-state index in [9.17, 15) is 9.90 Å². The lowest BCUT2D eigenvalue weighted by molar-refractivity contribution is -0.117. The van der Waals surface area contributed by atoms with Gasteiger partial charge in [0.2, 0.25) is 5.91 Å². The number of amides is 1. The van der Waals surface area contributed by atoms with Crippen LogP contribution in [0.5, 0.6) is 5.75 Å². The summed E-state index contributed by atoms with van der Waals surface area (Å²) in [4.78, 5) is 13.4. The maximum absolute atomic E-state index is 11.6. The number of hydrogen-bond donors (Lipinski definition) is 1. The highest BCUT2D eigenvalue weighted by atomic mass is 16.5. The molecule has 1 amide bonds. The maximum Gasteiger partial charge on any atom is 0.227 e. The molecule has 1 aliphatic rings. The van der Waals surface area contributed by atoms with Crippen LogP contribution in [0.2, 0.25) is 0 Å². The molecular weight excluding hydrogens is 230 g/mol. The number of rotatable bonds is 4. The molecule has 0 bridgehead atoms. The molecule has 0 aliphatic carbocycles. The van der Waals surface area contributed by atoms with Crippen molar-refractivity contribution >= 4 is 11.6 Å². The fraction of sp³-hybridized carbons (Fsp3) is 0.500. The van der Waals surface area contributed by atoms with Crippen LogP contribution in [0.4, 0.5) is 5.69 Å². The summed E-state index contributed by atoms with van der Waals surface area (Å²) in [5, 5.41) is 9.61. The molecule has 4 nitrogen and oxygen atoms in total. The largest absolute Gasteiger partial charge is 0.491 e. The van der Waals surface area contributed by atoms with E-state index in [0.717, 1.165) is 18.7 Å². The molecule has 18 heavy (non-hydrogen) atoms. The molecule has 0 unspecified atom stereocenters. The quantitative estimate of drug-likeness (QED) is 0.887. The van der Waals surface area contributed by atoms with Gasteiger partial charge in [0.15, 0.2) is 0 Å². The molecule has 1 heterocycles. The lowest BCUT2D eigenvalue weighted by atomic mass is 10.2. The lowest BCUT2D eigenvalue weighted by Crippen LogP contribution is -2.28. The summed E-state index contributed by atoms with van der Waals surface area (Å²) >= 11 is 0. The van der Waals surface area contributed by atoms with E-state index < -0.39 is 5.60 Å². The van der Waals surface area contributed by atoms with Crippen LogP contribution in [-0.4, -0.2) is 29.8 Å². The number of ether oxygens (including phenoxy) is 1. The van der Waals surface area contributed by atoms with Gasteiger partial charge in [-0.3, -0.25) is 4.79 Å². The van der Waals surface area contributed by atoms with Crippen LogP contribution in [0, 0.1) is 0 Å². The van der Waals surface area contributed by atoms with Crippen LogP contribution in [-0.2, 0) is 4.79 Å². The van der Waals surface area contributed by atoms with Gasteiger partial charge in [-0.15, -0.1) is 0 Å². The Balaban J connectivity index is 2.08. The van der Waals surface area contributed by atoms with Crippen LogP contribution >= 0.6 is 0 Å². The first kappa shape index (κ1) is 12.9. The summed E-state index contributed by atoms with van der Waals surface area (Å²) < 4.78 is 5.52. The lowest BCUT2D eigenvalue weighted by Gasteiger charge is -2.20. The number of anilines is 1. The highest BCUT2D eigenvalue weighted by Crippen LogP contribution is 2.25. The van der Waals surface area contributed by atoms with Gasteiger partial charge in [0.05, 0.1) is 5.60 Å². The predicted octanol–water partition coefficient (Wildman–Crippen LogP) is 1.96. The summed E-state index contributed by atoms with van der Waals surface area (Å²) in [5.41, 5.74) is 0.00479. The topological polar surface area (TPSA) is 49.8 Å². The zero-order valence-corrected chi connectivity index (χ0v) is 10.8. The third kappa shape index (κ3) is 3.23. The molecular formula is C14H19NO3. The molecule has 1 aromatic rings. The minimum Gasteiger partial charge on any atom is -0.491 e. The van der Waals surface area contributed by atoms with Crippen molar-refractivity contribution in [2.24, 2.45) is 0 Å². The second-order valence-corrected chi connectivity index (χ2v) is 5.25. The Morgan fingerprint density at radius 3 is 2.83 bits per heavy atom. The molecule has 0 aromatic heterocycles. The SMILES string of the molecule is CC(C)(O)COc1cccc(N2CCCC2=O)c1. The van der Waals surface area contributed by atoms with E-state index in [-0.39, 0.29) is 12.5 Å². The second-order valence-electron chi connectivity index (χ2n) is 5.25. The van der Waals surface area contributed by atoms with Gasteiger partial charge in [0.1, 0.15) is 12.4 Å². The average molecular weight is 249 g/mol. The Morgan fingerprint density at radius 2 is 2.22 bits per heavy atom. The summed E-state index contributed by atoms with van der Waals surface area (Å²) in [6.07, 6.45) is 1.53. The van der Waals surface area contributed by atoms with Gasteiger partial charge in [0, 0.05) is 24.7 Å². The summed E-state index contributed by atoms with van der Waals surface area (Å²) in [5.74, 6) is 0.837. The number of benzene rings is 1. The fourth-order valence-corrected chi connectivity index (χ4v) is 1.92. The first-order valence-electron chi connectivity index (χ1n) is 6.21. The smallest absolute Gasteiger partial charge is 0.227 e. The Kier molecular flexibility index (Phi) is 3.57. The van der Waals surface area contributed by atoms with Gasteiger partial charge in [-0.25, -0.2) is 0 Å². The van der Waals surface area contributed by atoms with Crippen molar-refractivity contribution in [2.75, 3.05) is 18.1 Å². The molecule has 1 saturated heterocycles. The molecule has 1 N–H and O–H groups in total. The van der Waals surface area contributed by atoms with Crippen LogP contribution in [0.25, 0.3) is 0 Å². The predicted molar refractivity (Wildman–Crippen MR) is 69.8 cm³/mol. The number of carbonyl (C=O) groups is 1. The summed E-state index contributed by atoms with van der Waals surface area (Å²) in [7, 11) is 0. The van der Waals surface area contributed by atoms with Crippen molar-refractivity contribution in [2.45, 2.75) is 32.3 Å². The minimum atomic E-state index is -0.862. The molecule has 0 spiro atoms. The minimum absolute atomic E-state index is 0.162.